The highest BCUT2D eigenvalue weighted by molar-refractivity contribution is 7.98. The van der Waals surface area contributed by atoms with E-state index in [-0.39, 0.29) is 11.7 Å². The van der Waals surface area contributed by atoms with Gasteiger partial charge in [-0.1, -0.05) is 0 Å². The van der Waals surface area contributed by atoms with Crippen molar-refractivity contribution in [1.82, 2.24) is 15.6 Å². The summed E-state index contributed by atoms with van der Waals surface area (Å²) in [7, 11) is 0. The van der Waals surface area contributed by atoms with Crippen LogP contribution in [0, 0.1) is 0 Å². The third kappa shape index (κ3) is 6.23. The van der Waals surface area contributed by atoms with Crippen LogP contribution in [0.15, 0.2) is 41.1 Å². The average Bonchev–Trinajstić information content (AvgIpc) is 3.31. The molecule has 2 aromatic heterocycles. The molecule has 2 N–H and O–H groups in total. The zero-order valence-electron chi connectivity index (χ0n) is 16.4. The van der Waals surface area contributed by atoms with Crippen molar-refractivity contribution in [2.75, 3.05) is 43.2 Å². The molecule has 1 fully saturated rings. The number of carbonyl (C=O) groups excluding carboxylic acids is 2. The van der Waals surface area contributed by atoms with Gasteiger partial charge in [0.2, 0.25) is 5.91 Å². The van der Waals surface area contributed by atoms with Crippen molar-refractivity contribution in [1.29, 1.82) is 0 Å². The monoisotopic (exact) mass is 418 g/mol. The lowest BCUT2D eigenvalue weighted by atomic mass is 10.2. The molecule has 2 aromatic rings. The maximum Gasteiger partial charge on any atom is 0.287 e. The maximum absolute atomic E-state index is 12.7. The van der Waals surface area contributed by atoms with Crippen molar-refractivity contribution in [2.45, 2.75) is 19.0 Å². The second-order valence-electron chi connectivity index (χ2n) is 6.62. The van der Waals surface area contributed by atoms with Gasteiger partial charge in [0.15, 0.2) is 5.76 Å². The van der Waals surface area contributed by atoms with Gasteiger partial charge in [-0.2, -0.15) is 11.8 Å². The Morgan fingerprint density at radius 1 is 1.31 bits per heavy atom. The molecule has 2 amide bonds. The molecule has 0 spiro atoms. The van der Waals surface area contributed by atoms with Crippen LogP contribution in [-0.2, 0) is 16.1 Å². The summed E-state index contributed by atoms with van der Waals surface area (Å²) in [6.07, 6.45) is 5.68. The zero-order chi connectivity index (χ0) is 20.5. The summed E-state index contributed by atoms with van der Waals surface area (Å²) < 4.78 is 10.5. The third-order valence-corrected chi connectivity index (χ3v) is 5.23. The number of carbonyl (C=O) groups is 2. The van der Waals surface area contributed by atoms with Gasteiger partial charge in [0.05, 0.1) is 19.5 Å². The van der Waals surface area contributed by atoms with Gasteiger partial charge in [0.1, 0.15) is 11.9 Å². The number of rotatable bonds is 9. The minimum absolute atomic E-state index is 0.191. The molecular formula is C20H26N4O4S. The molecule has 0 bridgehead atoms. The average molecular weight is 419 g/mol. The van der Waals surface area contributed by atoms with E-state index in [9.17, 15) is 9.59 Å². The molecule has 1 aliphatic rings. The second kappa shape index (κ2) is 10.9. The van der Waals surface area contributed by atoms with Crippen molar-refractivity contribution >= 4 is 29.4 Å². The minimum atomic E-state index is -0.624. The standard InChI is InChI=1S/C20H26N4O4S/c1-29-12-5-16(23-20(26)17-3-2-9-28-17)19(25)22-14-15-4-6-21-18(13-15)24-7-10-27-11-8-24/h2-4,6,9,13,16H,5,7-8,10-12,14H2,1H3,(H,22,25)(H,23,26)/t16-/m0/s1. The molecule has 8 nitrogen and oxygen atoms in total. The Balaban J connectivity index is 1.58. The summed E-state index contributed by atoms with van der Waals surface area (Å²) in [4.78, 5) is 31.6. The Labute approximate surface area is 174 Å². The number of ether oxygens (including phenoxy) is 1. The van der Waals surface area contributed by atoms with Crippen molar-refractivity contribution in [2.24, 2.45) is 0 Å². The molecule has 1 saturated heterocycles. The number of nitrogens with one attached hydrogen (secondary N) is 2. The number of furan rings is 1. The lowest BCUT2D eigenvalue weighted by Crippen LogP contribution is -2.46. The topological polar surface area (TPSA) is 96.7 Å². The highest BCUT2D eigenvalue weighted by Crippen LogP contribution is 2.14. The maximum atomic E-state index is 12.7. The Hall–Kier alpha value is -2.52. The van der Waals surface area contributed by atoms with Gasteiger partial charge in [-0.15, -0.1) is 0 Å². The van der Waals surface area contributed by atoms with Crippen LogP contribution in [0.5, 0.6) is 0 Å². The molecule has 1 atom stereocenters. The number of hydrogen-bond donors (Lipinski definition) is 2. The Kier molecular flexibility index (Phi) is 7.94. The highest BCUT2D eigenvalue weighted by Gasteiger charge is 2.22. The molecular weight excluding hydrogens is 392 g/mol. The predicted molar refractivity (Wildman–Crippen MR) is 112 cm³/mol. The van der Waals surface area contributed by atoms with Crippen LogP contribution < -0.4 is 15.5 Å². The van der Waals surface area contributed by atoms with Crippen molar-refractivity contribution < 1.29 is 18.7 Å². The Morgan fingerprint density at radius 2 is 2.14 bits per heavy atom. The molecule has 0 radical (unpaired) electrons. The number of anilines is 1. The summed E-state index contributed by atoms with van der Waals surface area (Å²) in [5.74, 6) is 1.22. The normalized spacial score (nSPS) is 15.0. The van der Waals surface area contributed by atoms with Gasteiger partial charge in [0.25, 0.3) is 5.91 Å². The summed E-state index contributed by atoms with van der Waals surface area (Å²) in [5.41, 5.74) is 0.954. The second-order valence-corrected chi connectivity index (χ2v) is 7.61. The SMILES string of the molecule is CSCC[C@H](NC(=O)c1ccco1)C(=O)NCc1ccnc(N2CCOCC2)c1. The first kappa shape index (κ1) is 21.2. The van der Waals surface area contributed by atoms with Crippen LogP contribution in [0.3, 0.4) is 0 Å². The van der Waals surface area contributed by atoms with Gasteiger partial charge in [-0.25, -0.2) is 4.98 Å². The summed E-state index contributed by atoms with van der Waals surface area (Å²) in [6, 6.07) is 6.44. The van der Waals surface area contributed by atoms with E-state index in [0.29, 0.717) is 26.2 Å². The predicted octanol–water partition coefficient (Wildman–Crippen LogP) is 1.68. The number of pyridine rings is 1. The quantitative estimate of drug-likeness (QED) is 0.639. The van der Waals surface area contributed by atoms with E-state index < -0.39 is 11.9 Å². The van der Waals surface area contributed by atoms with Gasteiger partial charge in [0, 0.05) is 25.8 Å². The molecule has 9 heteroatoms. The van der Waals surface area contributed by atoms with Crippen molar-refractivity contribution in [3.63, 3.8) is 0 Å². The summed E-state index contributed by atoms with van der Waals surface area (Å²) >= 11 is 1.63. The number of nitrogens with zero attached hydrogens (tertiary/aromatic N) is 2. The minimum Gasteiger partial charge on any atom is -0.459 e. The van der Waals surface area contributed by atoms with Crippen LogP contribution in [0.1, 0.15) is 22.5 Å². The lowest BCUT2D eigenvalue weighted by molar-refractivity contribution is -0.123. The van der Waals surface area contributed by atoms with Crippen LogP contribution in [0.4, 0.5) is 5.82 Å². The van der Waals surface area contributed by atoms with E-state index in [1.807, 2.05) is 18.4 Å². The van der Waals surface area contributed by atoms with Crippen LogP contribution in [0.2, 0.25) is 0 Å². The first-order valence-electron chi connectivity index (χ1n) is 9.56. The van der Waals surface area contributed by atoms with Crippen LogP contribution in [0.25, 0.3) is 0 Å². The van der Waals surface area contributed by atoms with E-state index >= 15 is 0 Å². The number of aromatic nitrogens is 1. The molecule has 0 saturated carbocycles. The molecule has 1 aliphatic heterocycles. The smallest absolute Gasteiger partial charge is 0.287 e. The molecule has 3 rings (SSSR count). The van der Waals surface area contributed by atoms with Crippen molar-refractivity contribution in [3.8, 4) is 0 Å². The number of thioether (sulfide) groups is 1. The van der Waals surface area contributed by atoms with Crippen LogP contribution in [-0.4, -0.2) is 61.2 Å². The molecule has 156 valence electrons. The lowest BCUT2D eigenvalue weighted by Gasteiger charge is -2.28. The van der Waals surface area contributed by atoms with E-state index in [1.54, 1.807) is 30.1 Å². The summed E-state index contributed by atoms with van der Waals surface area (Å²) in [6.45, 7) is 3.35. The molecule has 0 unspecified atom stereocenters. The highest BCUT2D eigenvalue weighted by atomic mass is 32.2. The van der Waals surface area contributed by atoms with Crippen LogP contribution >= 0.6 is 11.8 Å². The fourth-order valence-electron chi connectivity index (χ4n) is 2.99. The largest absolute Gasteiger partial charge is 0.459 e. The van der Waals surface area contributed by atoms with E-state index in [0.717, 1.165) is 30.2 Å². The Bertz CT molecular complexity index is 794. The van der Waals surface area contributed by atoms with Gasteiger partial charge in [-0.3, -0.25) is 9.59 Å². The van der Waals surface area contributed by atoms with Crippen molar-refractivity contribution in [3.05, 3.63) is 48.0 Å². The number of amides is 2. The van der Waals surface area contributed by atoms with Gasteiger partial charge in [-0.05, 0) is 48.3 Å². The van der Waals surface area contributed by atoms with Gasteiger partial charge < -0.3 is 24.7 Å². The first-order valence-corrected chi connectivity index (χ1v) is 11.0. The fraction of sp³-hybridized carbons (Fsp3) is 0.450. The first-order chi connectivity index (χ1) is 14.2. The molecule has 29 heavy (non-hydrogen) atoms. The fourth-order valence-corrected chi connectivity index (χ4v) is 3.46. The molecule has 0 aromatic carbocycles. The number of morpholine rings is 1. The van der Waals surface area contributed by atoms with E-state index in [2.05, 4.69) is 20.5 Å². The molecule has 0 aliphatic carbocycles. The molecule has 3 heterocycles. The Morgan fingerprint density at radius 3 is 2.86 bits per heavy atom. The van der Waals surface area contributed by atoms with Gasteiger partial charge >= 0.3 is 0 Å². The number of hydrogen-bond acceptors (Lipinski definition) is 7. The third-order valence-electron chi connectivity index (χ3n) is 4.59. The van der Waals surface area contributed by atoms with E-state index in [4.69, 9.17) is 9.15 Å². The van der Waals surface area contributed by atoms with E-state index in [1.165, 1.54) is 6.26 Å². The summed E-state index contributed by atoms with van der Waals surface area (Å²) in [5, 5.41) is 5.69. The zero-order valence-corrected chi connectivity index (χ0v) is 17.2.